The molecular weight excluding hydrogens is 538 g/mol. The first-order valence-electron chi connectivity index (χ1n) is 13.5. The molecule has 1 aliphatic rings. The Hall–Kier alpha value is -4.02. The number of imidazole rings is 1. The molecule has 8 nitrogen and oxygen atoms in total. The summed E-state index contributed by atoms with van der Waals surface area (Å²) in [5.74, 6) is -0.0212. The van der Waals surface area contributed by atoms with Crippen molar-refractivity contribution in [1.82, 2.24) is 9.55 Å². The SMILES string of the molecule is CC1C(Cn2cnc3ccccc32)OC(c2cccc(NS(=O)(=O)c3ccccc3)c2)OC1c1ccc(CO)cc1. The average molecular weight is 570 g/mol. The highest BCUT2D eigenvalue weighted by Crippen LogP contribution is 2.42. The van der Waals surface area contributed by atoms with E-state index in [2.05, 4.69) is 21.2 Å². The van der Waals surface area contributed by atoms with Crippen LogP contribution in [0.2, 0.25) is 0 Å². The summed E-state index contributed by atoms with van der Waals surface area (Å²) in [6.07, 6.45) is 0.550. The monoisotopic (exact) mass is 569 g/mol. The Morgan fingerprint density at radius 1 is 0.878 bits per heavy atom. The van der Waals surface area contributed by atoms with Gasteiger partial charge in [-0.15, -0.1) is 0 Å². The van der Waals surface area contributed by atoms with Crippen LogP contribution in [0.4, 0.5) is 5.69 Å². The number of aromatic nitrogens is 2. The number of rotatable bonds is 8. The first-order valence-corrected chi connectivity index (χ1v) is 15.0. The quantitative estimate of drug-likeness (QED) is 0.244. The van der Waals surface area contributed by atoms with E-state index in [4.69, 9.17) is 9.47 Å². The maximum Gasteiger partial charge on any atom is 0.261 e. The highest BCUT2D eigenvalue weighted by Gasteiger charge is 2.38. The van der Waals surface area contributed by atoms with Gasteiger partial charge in [0.1, 0.15) is 0 Å². The fourth-order valence-corrected chi connectivity index (χ4v) is 6.31. The summed E-state index contributed by atoms with van der Waals surface area (Å²) in [5.41, 5.74) is 4.85. The largest absolute Gasteiger partial charge is 0.392 e. The van der Waals surface area contributed by atoms with Gasteiger partial charge in [-0.1, -0.05) is 73.7 Å². The Balaban J connectivity index is 1.31. The molecule has 9 heteroatoms. The number of sulfonamides is 1. The molecule has 6 rings (SSSR count). The van der Waals surface area contributed by atoms with Crippen molar-refractivity contribution >= 4 is 26.7 Å². The molecule has 1 aromatic heterocycles. The minimum absolute atomic E-state index is 0.0212. The Bertz CT molecular complexity index is 1740. The van der Waals surface area contributed by atoms with Crippen molar-refractivity contribution in [3.8, 4) is 0 Å². The molecule has 0 radical (unpaired) electrons. The Kier molecular flexibility index (Phi) is 7.59. The van der Waals surface area contributed by atoms with E-state index in [1.165, 1.54) is 0 Å². The van der Waals surface area contributed by atoms with Crippen LogP contribution in [0.5, 0.6) is 0 Å². The molecule has 1 aliphatic heterocycles. The Morgan fingerprint density at radius 2 is 1.63 bits per heavy atom. The van der Waals surface area contributed by atoms with Gasteiger partial charge in [0.25, 0.3) is 10.0 Å². The van der Waals surface area contributed by atoms with Gasteiger partial charge in [-0.3, -0.25) is 4.72 Å². The van der Waals surface area contributed by atoms with Crippen molar-refractivity contribution in [2.24, 2.45) is 5.92 Å². The van der Waals surface area contributed by atoms with E-state index in [1.807, 2.05) is 60.9 Å². The molecule has 0 amide bonds. The van der Waals surface area contributed by atoms with Crippen LogP contribution in [0.1, 0.15) is 36.0 Å². The number of benzene rings is 4. The normalized spacial score (nSPS) is 21.1. The van der Waals surface area contributed by atoms with E-state index in [-0.39, 0.29) is 29.6 Å². The predicted octanol–water partition coefficient (Wildman–Crippen LogP) is 5.82. The number of para-hydroxylation sites is 2. The second-order valence-electron chi connectivity index (χ2n) is 10.3. The number of nitrogens with zero attached hydrogens (tertiary/aromatic N) is 2. The van der Waals surface area contributed by atoms with Gasteiger partial charge in [-0.05, 0) is 47.5 Å². The number of hydrogen-bond acceptors (Lipinski definition) is 6. The third-order valence-corrected chi connectivity index (χ3v) is 8.89. The van der Waals surface area contributed by atoms with Gasteiger partial charge in [-0.2, -0.15) is 0 Å². The number of aliphatic hydroxyl groups excluding tert-OH is 1. The predicted molar refractivity (Wildman–Crippen MR) is 156 cm³/mol. The van der Waals surface area contributed by atoms with Gasteiger partial charge in [0.05, 0.1) is 47.6 Å². The molecule has 2 N–H and O–H groups in total. The van der Waals surface area contributed by atoms with Crippen LogP contribution in [0, 0.1) is 5.92 Å². The molecule has 1 saturated heterocycles. The van der Waals surface area contributed by atoms with Crippen LogP contribution < -0.4 is 4.72 Å². The molecule has 0 spiro atoms. The second-order valence-corrected chi connectivity index (χ2v) is 11.9. The molecule has 41 heavy (non-hydrogen) atoms. The van der Waals surface area contributed by atoms with E-state index in [0.29, 0.717) is 17.8 Å². The maximum atomic E-state index is 13.0. The summed E-state index contributed by atoms with van der Waals surface area (Å²) >= 11 is 0. The van der Waals surface area contributed by atoms with E-state index in [0.717, 1.165) is 22.2 Å². The minimum Gasteiger partial charge on any atom is -0.392 e. The fraction of sp³-hybridized carbons (Fsp3) is 0.219. The van der Waals surface area contributed by atoms with E-state index < -0.39 is 16.3 Å². The zero-order valence-corrected chi connectivity index (χ0v) is 23.3. The molecular formula is C32H31N3O5S. The lowest BCUT2D eigenvalue weighted by molar-refractivity contribution is -0.276. The summed E-state index contributed by atoms with van der Waals surface area (Å²) in [6.45, 7) is 2.64. The second kappa shape index (κ2) is 11.5. The van der Waals surface area contributed by atoms with Crippen molar-refractivity contribution in [1.29, 1.82) is 0 Å². The lowest BCUT2D eigenvalue weighted by atomic mass is 9.90. The van der Waals surface area contributed by atoms with E-state index in [1.54, 1.807) is 48.5 Å². The average Bonchev–Trinajstić information content (AvgIpc) is 3.41. The highest BCUT2D eigenvalue weighted by molar-refractivity contribution is 7.92. The van der Waals surface area contributed by atoms with Gasteiger partial charge < -0.3 is 19.1 Å². The summed E-state index contributed by atoms with van der Waals surface area (Å²) in [6, 6.07) is 31.1. The summed E-state index contributed by atoms with van der Waals surface area (Å²) < 4.78 is 43.8. The topological polar surface area (TPSA) is 103 Å². The molecule has 4 atom stereocenters. The summed E-state index contributed by atoms with van der Waals surface area (Å²) in [4.78, 5) is 4.72. The molecule has 2 heterocycles. The minimum atomic E-state index is -3.76. The summed E-state index contributed by atoms with van der Waals surface area (Å²) in [7, 11) is -3.76. The molecule has 210 valence electrons. The van der Waals surface area contributed by atoms with Crippen molar-refractivity contribution in [2.45, 2.75) is 43.5 Å². The van der Waals surface area contributed by atoms with Crippen LogP contribution in [-0.2, 0) is 32.6 Å². The molecule has 1 fully saturated rings. The number of hydrogen-bond donors (Lipinski definition) is 2. The molecule has 0 bridgehead atoms. The Labute approximate surface area is 239 Å². The maximum absolute atomic E-state index is 13.0. The van der Waals surface area contributed by atoms with Crippen molar-refractivity contribution in [3.05, 3.63) is 126 Å². The molecule has 4 aromatic carbocycles. The molecule has 0 saturated carbocycles. The smallest absolute Gasteiger partial charge is 0.261 e. The van der Waals surface area contributed by atoms with Crippen molar-refractivity contribution in [3.63, 3.8) is 0 Å². The first-order chi connectivity index (χ1) is 19.9. The number of anilines is 1. The number of ether oxygens (including phenoxy) is 2. The molecule has 0 aliphatic carbocycles. The zero-order chi connectivity index (χ0) is 28.4. The first kappa shape index (κ1) is 27.2. The van der Waals surface area contributed by atoms with Gasteiger partial charge in [0, 0.05) is 17.2 Å². The van der Waals surface area contributed by atoms with Crippen molar-refractivity contribution < 1.29 is 23.0 Å². The van der Waals surface area contributed by atoms with Crippen LogP contribution in [-0.4, -0.2) is 29.2 Å². The van der Waals surface area contributed by atoms with Crippen LogP contribution in [0.3, 0.4) is 0 Å². The van der Waals surface area contributed by atoms with Gasteiger partial charge in [0.2, 0.25) is 0 Å². The highest BCUT2D eigenvalue weighted by atomic mass is 32.2. The van der Waals surface area contributed by atoms with E-state index >= 15 is 0 Å². The molecule has 5 aromatic rings. The Morgan fingerprint density at radius 3 is 2.41 bits per heavy atom. The van der Waals surface area contributed by atoms with Crippen LogP contribution in [0.15, 0.2) is 114 Å². The lowest BCUT2D eigenvalue weighted by Crippen LogP contribution is -2.39. The third-order valence-electron chi connectivity index (χ3n) is 7.49. The van der Waals surface area contributed by atoms with Gasteiger partial charge >= 0.3 is 0 Å². The van der Waals surface area contributed by atoms with E-state index in [9.17, 15) is 13.5 Å². The summed E-state index contributed by atoms with van der Waals surface area (Å²) in [5, 5.41) is 9.52. The van der Waals surface area contributed by atoms with Gasteiger partial charge in [-0.25, -0.2) is 13.4 Å². The standard InChI is InChI=1S/C32H31N3O5S/c1-22-30(19-35-21-33-28-12-5-6-13-29(28)35)39-32(40-31(22)24-16-14-23(20-36)15-17-24)25-8-7-9-26(18-25)34-41(37,38)27-10-3-2-4-11-27/h2-18,21-22,30-32,34,36H,19-20H2,1H3. The van der Waals surface area contributed by atoms with Gasteiger partial charge in [0.15, 0.2) is 6.29 Å². The zero-order valence-electron chi connectivity index (χ0n) is 22.5. The van der Waals surface area contributed by atoms with Crippen molar-refractivity contribution in [2.75, 3.05) is 4.72 Å². The fourth-order valence-electron chi connectivity index (χ4n) is 5.24. The number of nitrogens with one attached hydrogen (secondary N) is 1. The molecule has 4 unspecified atom stereocenters. The number of aliphatic hydroxyl groups is 1. The number of fused-ring (bicyclic) bond motifs is 1. The third kappa shape index (κ3) is 5.75. The van der Waals surface area contributed by atoms with Crippen LogP contribution in [0.25, 0.3) is 11.0 Å². The van der Waals surface area contributed by atoms with Crippen LogP contribution >= 0.6 is 0 Å². The lowest BCUT2D eigenvalue weighted by Gasteiger charge is -2.41.